The lowest BCUT2D eigenvalue weighted by Gasteiger charge is -2.31. The molecule has 1 fully saturated rings. The third kappa shape index (κ3) is 5.10. The van der Waals surface area contributed by atoms with Gasteiger partial charge in [0.25, 0.3) is 0 Å². The van der Waals surface area contributed by atoms with Gasteiger partial charge in [0, 0.05) is 24.0 Å². The minimum absolute atomic E-state index is 0.0473. The van der Waals surface area contributed by atoms with Crippen LogP contribution in [0.15, 0.2) is 53.4 Å². The number of piperidine rings is 1. The van der Waals surface area contributed by atoms with E-state index in [9.17, 15) is 13.2 Å². The molecule has 0 bridgehead atoms. The third-order valence-corrected chi connectivity index (χ3v) is 7.42. The van der Waals surface area contributed by atoms with Crippen molar-refractivity contribution < 1.29 is 17.9 Å². The lowest BCUT2D eigenvalue weighted by Crippen LogP contribution is -2.43. The maximum absolute atomic E-state index is 12.8. The predicted molar refractivity (Wildman–Crippen MR) is 112 cm³/mol. The van der Waals surface area contributed by atoms with Gasteiger partial charge in [-0.05, 0) is 61.7 Å². The molecule has 156 valence electrons. The largest absolute Gasteiger partial charge is 0.497 e. The number of ether oxygens (including phenoxy) is 1. The number of nitrogens with zero attached hydrogens (tertiary/aromatic N) is 1. The first-order valence-corrected chi connectivity index (χ1v) is 11.3. The number of benzene rings is 2. The van der Waals surface area contributed by atoms with E-state index < -0.39 is 10.0 Å². The summed E-state index contributed by atoms with van der Waals surface area (Å²) < 4.78 is 32.2. The second kappa shape index (κ2) is 9.15. The Morgan fingerprint density at radius 3 is 2.24 bits per heavy atom. The fraction of sp³-hybridized carbons (Fsp3) is 0.381. The number of sulfonamides is 1. The average molecular weight is 437 g/mol. The van der Waals surface area contributed by atoms with Crippen molar-refractivity contribution in [1.29, 1.82) is 0 Å². The molecule has 1 heterocycles. The summed E-state index contributed by atoms with van der Waals surface area (Å²) in [5.74, 6) is 0.357. The average Bonchev–Trinajstić information content (AvgIpc) is 2.74. The molecule has 1 N–H and O–H groups in total. The second-order valence-corrected chi connectivity index (χ2v) is 9.51. The maximum Gasteiger partial charge on any atom is 0.243 e. The highest BCUT2D eigenvalue weighted by atomic mass is 35.5. The summed E-state index contributed by atoms with van der Waals surface area (Å²) in [7, 11) is -2.04. The number of nitrogens with one attached hydrogen (secondary N) is 1. The van der Waals surface area contributed by atoms with E-state index in [4.69, 9.17) is 16.3 Å². The summed E-state index contributed by atoms with van der Waals surface area (Å²) in [6.45, 7) is 2.56. The molecule has 1 aliphatic rings. The number of carbonyl (C=O) groups excluding carboxylic acids is 1. The van der Waals surface area contributed by atoms with Crippen molar-refractivity contribution in [3.63, 3.8) is 0 Å². The Labute approximate surface area is 176 Å². The smallest absolute Gasteiger partial charge is 0.243 e. The van der Waals surface area contributed by atoms with Crippen LogP contribution in [0.3, 0.4) is 0 Å². The molecule has 0 spiro atoms. The van der Waals surface area contributed by atoms with Crippen LogP contribution in [0.1, 0.15) is 31.4 Å². The molecular weight excluding hydrogens is 412 g/mol. The molecular formula is C21H25ClN2O4S. The summed E-state index contributed by atoms with van der Waals surface area (Å²) in [5, 5.41) is 3.67. The van der Waals surface area contributed by atoms with Gasteiger partial charge in [0.05, 0.1) is 18.0 Å². The highest BCUT2D eigenvalue weighted by molar-refractivity contribution is 7.89. The van der Waals surface area contributed by atoms with Crippen LogP contribution in [0.5, 0.6) is 5.75 Å². The molecule has 2 aromatic rings. The van der Waals surface area contributed by atoms with Crippen LogP contribution in [0.25, 0.3) is 0 Å². The number of carbonyl (C=O) groups is 1. The highest BCUT2D eigenvalue weighted by Crippen LogP contribution is 2.26. The van der Waals surface area contributed by atoms with Crippen LogP contribution >= 0.6 is 11.6 Å². The summed E-state index contributed by atoms with van der Waals surface area (Å²) in [5.41, 5.74) is 0.974. The SMILES string of the molecule is COc1ccc(S(=O)(=O)N2CCC(C(=O)NC(C)c3ccc(Cl)cc3)CC2)cc1. The van der Waals surface area contributed by atoms with E-state index in [1.165, 1.54) is 11.4 Å². The van der Waals surface area contributed by atoms with Crippen molar-refractivity contribution in [3.05, 3.63) is 59.1 Å². The van der Waals surface area contributed by atoms with E-state index in [0.717, 1.165) is 5.56 Å². The molecule has 1 saturated heterocycles. The summed E-state index contributed by atoms with van der Waals surface area (Å²) in [6.07, 6.45) is 0.989. The summed E-state index contributed by atoms with van der Waals surface area (Å²) >= 11 is 5.91. The first-order chi connectivity index (χ1) is 13.8. The Hall–Kier alpha value is -2.09. The molecule has 1 atom stereocenters. The van der Waals surface area contributed by atoms with E-state index >= 15 is 0 Å². The monoisotopic (exact) mass is 436 g/mol. The Kier molecular flexibility index (Phi) is 6.82. The van der Waals surface area contributed by atoms with Gasteiger partial charge in [-0.25, -0.2) is 8.42 Å². The van der Waals surface area contributed by atoms with E-state index in [0.29, 0.717) is 36.7 Å². The van der Waals surface area contributed by atoms with E-state index in [2.05, 4.69) is 5.32 Å². The van der Waals surface area contributed by atoms with Crippen LogP contribution in [0, 0.1) is 5.92 Å². The van der Waals surface area contributed by atoms with Gasteiger partial charge in [0.1, 0.15) is 5.75 Å². The second-order valence-electron chi connectivity index (χ2n) is 7.14. The third-order valence-electron chi connectivity index (χ3n) is 5.25. The van der Waals surface area contributed by atoms with Crippen LogP contribution in [-0.4, -0.2) is 38.8 Å². The standard InChI is InChI=1S/C21H25ClN2O4S/c1-15(16-3-5-18(22)6-4-16)23-21(25)17-11-13-24(14-12-17)29(26,27)20-9-7-19(28-2)8-10-20/h3-10,15,17H,11-14H2,1-2H3,(H,23,25). The quantitative estimate of drug-likeness (QED) is 0.750. The minimum Gasteiger partial charge on any atom is -0.497 e. The molecule has 1 aliphatic heterocycles. The van der Waals surface area contributed by atoms with Crippen LogP contribution in [0.4, 0.5) is 0 Å². The van der Waals surface area contributed by atoms with E-state index in [1.54, 1.807) is 36.4 Å². The molecule has 1 unspecified atom stereocenters. The number of hydrogen-bond acceptors (Lipinski definition) is 4. The number of methoxy groups -OCH3 is 1. The van der Waals surface area contributed by atoms with Crippen molar-refractivity contribution in [1.82, 2.24) is 9.62 Å². The zero-order chi connectivity index (χ0) is 21.0. The van der Waals surface area contributed by atoms with Gasteiger partial charge in [0.2, 0.25) is 15.9 Å². The Morgan fingerprint density at radius 2 is 1.69 bits per heavy atom. The minimum atomic E-state index is -3.57. The van der Waals surface area contributed by atoms with Gasteiger partial charge >= 0.3 is 0 Å². The summed E-state index contributed by atoms with van der Waals surface area (Å²) in [4.78, 5) is 12.9. The van der Waals surface area contributed by atoms with Gasteiger partial charge in [-0.2, -0.15) is 4.31 Å². The topological polar surface area (TPSA) is 75.7 Å². The van der Waals surface area contributed by atoms with Crippen LogP contribution < -0.4 is 10.1 Å². The highest BCUT2D eigenvalue weighted by Gasteiger charge is 2.32. The zero-order valence-corrected chi connectivity index (χ0v) is 18.0. The van der Waals surface area contributed by atoms with Crippen molar-refractivity contribution in [3.8, 4) is 5.75 Å². The molecule has 0 saturated carbocycles. The first-order valence-electron chi connectivity index (χ1n) is 9.51. The van der Waals surface area contributed by atoms with Crippen molar-refractivity contribution in [2.75, 3.05) is 20.2 Å². The number of halogens is 1. The zero-order valence-electron chi connectivity index (χ0n) is 16.5. The van der Waals surface area contributed by atoms with Crippen LogP contribution in [0.2, 0.25) is 5.02 Å². The molecule has 1 amide bonds. The molecule has 2 aromatic carbocycles. The Balaban J connectivity index is 1.57. The maximum atomic E-state index is 12.8. The fourth-order valence-electron chi connectivity index (χ4n) is 3.42. The van der Waals surface area contributed by atoms with Crippen molar-refractivity contribution in [2.24, 2.45) is 5.92 Å². The molecule has 0 aliphatic carbocycles. The van der Waals surface area contributed by atoms with Gasteiger partial charge in [-0.15, -0.1) is 0 Å². The first kappa shape index (κ1) is 21.6. The predicted octanol–water partition coefficient (Wildman–Crippen LogP) is 3.63. The number of amides is 1. The van der Waals surface area contributed by atoms with Crippen LogP contribution in [-0.2, 0) is 14.8 Å². The molecule has 8 heteroatoms. The van der Waals surface area contributed by atoms with Gasteiger partial charge < -0.3 is 10.1 Å². The molecule has 0 radical (unpaired) electrons. The fourth-order valence-corrected chi connectivity index (χ4v) is 5.02. The Bertz CT molecular complexity index is 938. The summed E-state index contributed by atoms with van der Waals surface area (Å²) in [6, 6.07) is 13.6. The molecule has 29 heavy (non-hydrogen) atoms. The normalized spacial score (nSPS) is 16.9. The van der Waals surface area contributed by atoms with E-state index in [1.807, 2.05) is 19.1 Å². The Morgan fingerprint density at radius 1 is 1.10 bits per heavy atom. The van der Waals surface area contributed by atoms with Crippen molar-refractivity contribution in [2.45, 2.75) is 30.7 Å². The van der Waals surface area contributed by atoms with Gasteiger partial charge in [-0.3, -0.25) is 4.79 Å². The number of hydrogen-bond donors (Lipinski definition) is 1. The van der Waals surface area contributed by atoms with Gasteiger partial charge in [-0.1, -0.05) is 23.7 Å². The lowest BCUT2D eigenvalue weighted by atomic mass is 9.96. The van der Waals surface area contributed by atoms with Gasteiger partial charge in [0.15, 0.2) is 0 Å². The molecule has 0 aromatic heterocycles. The van der Waals surface area contributed by atoms with E-state index in [-0.39, 0.29) is 22.8 Å². The van der Waals surface area contributed by atoms with Crippen molar-refractivity contribution >= 4 is 27.5 Å². The molecule has 3 rings (SSSR count). The molecule has 6 nitrogen and oxygen atoms in total. The number of rotatable bonds is 6. The lowest BCUT2D eigenvalue weighted by molar-refractivity contribution is -0.126.